The first-order valence-corrected chi connectivity index (χ1v) is 21.2. The van der Waals surface area contributed by atoms with Gasteiger partial charge in [-0.3, -0.25) is 28.8 Å². The number of primary amides is 1. The monoisotopic (exact) mass is 886 g/mol. The van der Waals surface area contributed by atoms with Crippen molar-refractivity contribution in [3.63, 3.8) is 0 Å². The van der Waals surface area contributed by atoms with E-state index >= 15 is 0 Å². The third-order valence-corrected chi connectivity index (χ3v) is 10.7. The number of aliphatic hydroxyl groups is 1. The van der Waals surface area contributed by atoms with Gasteiger partial charge < -0.3 is 51.8 Å². The van der Waals surface area contributed by atoms with Crippen molar-refractivity contribution in [2.24, 2.45) is 5.73 Å². The molecule has 342 valence electrons. The molecule has 0 spiro atoms. The average molecular weight is 887 g/mol. The fraction of sp³-hybridized carbons (Fsp3) is 0.422. The largest absolute Gasteiger partial charge is 0.459 e. The van der Waals surface area contributed by atoms with Gasteiger partial charge in [-0.25, -0.2) is 14.2 Å². The summed E-state index contributed by atoms with van der Waals surface area (Å²) in [4.78, 5) is 90.2. The van der Waals surface area contributed by atoms with Gasteiger partial charge in [-0.2, -0.15) is 0 Å². The molecule has 19 heteroatoms. The third-order valence-electron chi connectivity index (χ3n) is 10.7. The van der Waals surface area contributed by atoms with Crippen molar-refractivity contribution in [3.05, 3.63) is 92.9 Å². The number of hydrogen-bond donors (Lipinski definition) is 7. The molecular formula is C45H55FN8O10. The number of aliphatic hydroxyl groups excluding tert-OH is 1. The SMILES string of the molecule is CC.CCNCC(=O)NCC(=O)NC(Cc1ccccc1)C(=O)NCC(=O)NCOCC(N)=O.Cc1c(F)cc2nc3c(c4c2c1CCC4)CN1C(=O)CC2=C(C=C31)C(O)C(=O)OC2. The summed E-state index contributed by atoms with van der Waals surface area (Å²) in [6.07, 6.45) is 3.16. The number of esters is 1. The summed E-state index contributed by atoms with van der Waals surface area (Å²) in [6.45, 7) is 7.52. The maximum atomic E-state index is 14.6. The summed E-state index contributed by atoms with van der Waals surface area (Å²) < 4.78 is 24.4. The van der Waals surface area contributed by atoms with Crippen LogP contribution in [0.2, 0.25) is 0 Å². The van der Waals surface area contributed by atoms with Gasteiger partial charge in [0, 0.05) is 23.4 Å². The molecule has 64 heavy (non-hydrogen) atoms. The Hall–Kier alpha value is -6.57. The van der Waals surface area contributed by atoms with Crippen LogP contribution in [0.1, 0.15) is 67.1 Å². The topological polar surface area (TPSA) is 260 Å². The van der Waals surface area contributed by atoms with Crippen molar-refractivity contribution >= 4 is 58.0 Å². The average Bonchev–Trinajstić information content (AvgIpc) is 3.59. The lowest BCUT2D eigenvalue weighted by Crippen LogP contribution is -2.52. The zero-order chi connectivity index (χ0) is 46.5. The number of fused-ring (bicyclic) bond motifs is 4. The molecular weight excluding hydrogens is 832 g/mol. The Morgan fingerprint density at radius 1 is 0.984 bits per heavy atom. The minimum atomic E-state index is -1.41. The summed E-state index contributed by atoms with van der Waals surface area (Å²) >= 11 is 0. The van der Waals surface area contributed by atoms with Crippen LogP contribution in [-0.2, 0) is 68.8 Å². The van der Waals surface area contributed by atoms with Crippen LogP contribution in [0.4, 0.5) is 4.39 Å². The lowest BCUT2D eigenvalue weighted by Gasteiger charge is -2.22. The van der Waals surface area contributed by atoms with Gasteiger partial charge in [-0.05, 0) is 72.2 Å². The van der Waals surface area contributed by atoms with Crippen LogP contribution >= 0.6 is 0 Å². The first-order valence-electron chi connectivity index (χ1n) is 21.2. The van der Waals surface area contributed by atoms with Gasteiger partial charge in [0.05, 0.1) is 49.5 Å². The number of nitrogens with one attached hydrogen (secondary N) is 5. The van der Waals surface area contributed by atoms with Gasteiger partial charge in [0.2, 0.25) is 35.4 Å². The normalized spacial score (nSPS) is 16.2. The van der Waals surface area contributed by atoms with Crippen molar-refractivity contribution < 1.29 is 52.5 Å². The highest BCUT2D eigenvalue weighted by molar-refractivity contribution is 5.98. The molecule has 3 aliphatic heterocycles. The van der Waals surface area contributed by atoms with Crippen LogP contribution in [0.5, 0.6) is 0 Å². The first-order chi connectivity index (χ1) is 30.7. The van der Waals surface area contributed by atoms with Gasteiger partial charge in [-0.15, -0.1) is 0 Å². The van der Waals surface area contributed by atoms with E-state index in [1.807, 2.05) is 33.8 Å². The van der Waals surface area contributed by atoms with E-state index in [-0.39, 0.29) is 70.1 Å². The molecule has 8 N–H and O–H groups in total. The molecule has 3 aromatic rings. The van der Waals surface area contributed by atoms with E-state index in [0.717, 1.165) is 46.9 Å². The van der Waals surface area contributed by atoms with Gasteiger partial charge in [0.15, 0.2) is 6.10 Å². The standard InChI is InChI=1S/C23H19FN2O4.C20H30N6O6.C2H6/c1-10-12-3-2-4-13-15-8-26-18(21(15)25-17(20(12)13)7-16(10)24)6-14-11(5-19(26)27)9-30-23(29)22(14)28;1-2-22-9-17(28)23-11-19(30)26-15(8-14-6-4-3-5-7-14)20(31)24-10-18(29)25-13-32-12-16(21)27;1-2/h6-7,22,28H,2-5,8-9H2,1H3;3-7,15,22H,2,8-13H2,1H3,(H2,21,27)(H,23,28)(H,24,31)(H,25,29)(H,26,30);1-2H3. The van der Waals surface area contributed by atoms with Crippen LogP contribution < -0.4 is 32.3 Å². The predicted molar refractivity (Wildman–Crippen MR) is 232 cm³/mol. The Bertz CT molecular complexity index is 2350. The lowest BCUT2D eigenvalue weighted by atomic mass is 9.85. The van der Waals surface area contributed by atoms with E-state index in [1.165, 1.54) is 6.07 Å². The van der Waals surface area contributed by atoms with Crippen molar-refractivity contribution in [1.82, 2.24) is 36.5 Å². The molecule has 6 amide bonds. The molecule has 0 radical (unpaired) electrons. The van der Waals surface area contributed by atoms with Gasteiger partial charge in [-0.1, -0.05) is 51.1 Å². The fourth-order valence-electron chi connectivity index (χ4n) is 7.67. The minimum Gasteiger partial charge on any atom is -0.459 e. The van der Waals surface area contributed by atoms with Crippen molar-refractivity contribution in [2.45, 2.75) is 78.5 Å². The zero-order valence-electron chi connectivity index (χ0n) is 36.4. The number of carbonyl (C=O) groups excluding carboxylic acids is 7. The quantitative estimate of drug-likeness (QED) is 0.0630. The number of nitrogens with two attached hydrogens (primary N) is 1. The molecule has 0 saturated carbocycles. The zero-order valence-corrected chi connectivity index (χ0v) is 36.4. The van der Waals surface area contributed by atoms with Crippen LogP contribution in [-0.4, -0.2) is 115 Å². The number of likely N-dealkylation sites (N-methyl/N-ethyl adjacent to an activating group) is 1. The molecule has 1 aromatic heterocycles. The molecule has 7 rings (SSSR count). The molecule has 1 aliphatic carbocycles. The summed E-state index contributed by atoms with van der Waals surface area (Å²) in [7, 11) is 0. The number of amides is 6. The second-order valence-electron chi connectivity index (χ2n) is 15.0. The Morgan fingerprint density at radius 2 is 1.69 bits per heavy atom. The highest BCUT2D eigenvalue weighted by atomic mass is 19.1. The number of halogens is 1. The maximum absolute atomic E-state index is 14.6. The van der Waals surface area contributed by atoms with Crippen molar-refractivity contribution in [1.29, 1.82) is 0 Å². The number of aryl methyl sites for hydroxylation is 2. The second kappa shape index (κ2) is 22.7. The number of rotatable bonds is 15. The smallest absolute Gasteiger partial charge is 0.339 e. The summed E-state index contributed by atoms with van der Waals surface area (Å²) in [5.41, 5.74) is 12.4. The van der Waals surface area contributed by atoms with E-state index < -0.39 is 41.7 Å². The minimum absolute atomic E-state index is 0.00565. The summed E-state index contributed by atoms with van der Waals surface area (Å²) in [6, 6.07) is 9.53. The number of benzene rings is 2. The Morgan fingerprint density at radius 3 is 2.41 bits per heavy atom. The second-order valence-corrected chi connectivity index (χ2v) is 15.0. The van der Waals surface area contributed by atoms with Crippen LogP contribution in [0, 0.1) is 12.7 Å². The molecule has 2 unspecified atom stereocenters. The molecule has 2 aromatic carbocycles. The maximum Gasteiger partial charge on any atom is 0.339 e. The molecule has 18 nitrogen and oxygen atoms in total. The number of aromatic nitrogens is 1. The molecule has 4 aliphatic rings. The van der Waals surface area contributed by atoms with Gasteiger partial charge >= 0.3 is 5.97 Å². The van der Waals surface area contributed by atoms with Crippen LogP contribution in [0.25, 0.3) is 16.6 Å². The number of carbonyl (C=O) groups is 7. The van der Waals surface area contributed by atoms with Crippen molar-refractivity contribution in [2.75, 3.05) is 46.1 Å². The predicted octanol–water partition coefficient (Wildman–Crippen LogP) is 0.630. The summed E-state index contributed by atoms with van der Waals surface area (Å²) in [5.74, 6) is -3.80. The first kappa shape index (κ1) is 48.5. The van der Waals surface area contributed by atoms with E-state index in [2.05, 4.69) is 26.6 Å². The van der Waals surface area contributed by atoms with E-state index in [1.54, 1.807) is 35.2 Å². The van der Waals surface area contributed by atoms with E-state index in [9.17, 15) is 43.1 Å². The Kier molecular flexibility index (Phi) is 17.2. The van der Waals surface area contributed by atoms with Gasteiger partial charge in [0.25, 0.3) is 0 Å². The van der Waals surface area contributed by atoms with Gasteiger partial charge in [0.1, 0.15) is 31.8 Å². The van der Waals surface area contributed by atoms with Crippen molar-refractivity contribution in [3.8, 4) is 0 Å². The number of pyridine rings is 1. The molecule has 4 heterocycles. The highest BCUT2D eigenvalue weighted by Gasteiger charge is 2.40. The van der Waals surface area contributed by atoms with E-state index in [4.69, 9.17) is 20.2 Å². The van der Waals surface area contributed by atoms with Crippen LogP contribution in [0.15, 0.2) is 53.6 Å². The number of ether oxygens (including phenoxy) is 2. The molecule has 0 saturated heterocycles. The Labute approximate surface area is 369 Å². The fourth-order valence-corrected chi connectivity index (χ4v) is 7.67. The highest BCUT2D eigenvalue weighted by Crippen LogP contribution is 2.44. The molecule has 0 fully saturated rings. The number of nitrogens with zero attached hydrogens (tertiary/aromatic N) is 2. The lowest BCUT2D eigenvalue weighted by molar-refractivity contribution is -0.152. The summed E-state index contributed by atoms with van der Waals surface area (Å²) in [5, 5.41) is 24.0. The number of cyclic esters (lactones) is 1. The molecule has 2 atom stereocenters. The Balaban J connectivity index is 0.000000232. The molecule has 0 bridgehead atoms. The van der Waals surface area contributed by atoms with E-state index in [0.29, 0.717) is 46.7 Å². The third kappa shape index (κ3) is 11.9. The number of hydrogen-bond acceptors (Lipinski definition) is 12. The van der Waals surface area contributed by atoms with Crippen LogP contribution in [0.3, 0.4) is 0 Å².